The van der Waals surface area contributed by atoms with E-state index in [1.54, 1.807) is 38.7 Å². The number of hydrogen-bond donors (Lipinski definition) is 11. The Balaban J connectivity index is 0.773. The summed E-state index contributed by atoms with van der Waals surface area (Å²) in [4.78, 5) is 125. The summed E-state index contributed by atoms with van der Waals surface area (Å²) in [5.74, 6) is 8.02. The number of ketones is 1. The number of hydrogen-bond acceptors (Lipinski definition) is 39. The number of nitrogens with one attached hydrogen (secondary N) is 5. The van der Waals surface area contributed by atoms with Gasteiger partial charge in [-0.05, 0) is 95.2 Å². The second kappa shape index (κ2) is 59.2. The van der Waals surface area contributed by atoms with Crippen LogP contribution in [0.1, 0.15) is 109 Å². The Hall–Kier alpha value is -6.81. The maximum atomic E-state index is 14.6. The van der Waals surface area contributed by atoms with Crippen LogP contribution >= 0.6 is 55.9 Å². The lowest BCUT2D eigenvalue weighted by Crippen LogP contribution is -2.65. The average Bonchev–Trinajstić information content (AvgIpc) is 0.971. The zero-order chi connectivity index (χ0) is 99.0. The number of ether oxygens (including phenoxy) is 19. The molecule has 1 unspecified atom stereocenters. The summed E-state index contributed by atoms with van der Waals surface area (Å²) >= 11 is 2.74. The number of carbonyl (C=O) groups is 9. The fraction of sp³-hybridized carbons (Fsp3) is 0.700. The SMILES string of the molecule is CCN(C(C)=O)[C@H]1CO[C@@H](O[C@H]2[C@H](O[C@H]3C#C/C=C\C#CC4(O)CC(=O)C(NC(=O)OC)=C3C4=CCSSC(C)(C)CCC(=O)NCCNC(=O)CCOCCOCCOCCOCCOCCOCCOCCOCCNC(=O)CCN3C(=O)C=CC3=O)O[C@H](C)[C@@H](NO[C@H]3C[C@H](O)[C@H](SC(=O)c4c(C)c(I)c(O[C@@H]5O[C@@H](C)[C@H](O)[C@@H](CO)[C@H]5O)c(OC)c4OC)[C@@H](C)O3)[C@@H]2O)C[C@@H]1OC. The van der Waals surface area contributed by atoms with Gasteiger partial charge in [-0.3, -0.25) is 53.4 Å². The normalized spacial score (nSPS) is 27.2. The van der Waals surface area contributed by atoms with E-state index in [1.165, 1.54) is 74.1 Å². The molecule has 2 bridgehead atoms. The Morgan fingerprint density at radius 1 is 0.684 bits per heavy atom. The van der Waals surface area contributed by atoms with Crippen LogP contribution in [0.2, 0.25) is 0 Å². The molecule has 1 aromatic rings. The molecule has 762 valence electrons. The fourth-order valence-electron chi connectivity index (χ4n) is 15.2. The maximum Gasteiger partial charge on any atom is 0.411 e. The number of benzene rings is 1. The highest BCUT2D eigenvalue weighted by molar-refractivity contribution is 14.1. The summed E-state index contributed by atoms with van der Waals surface area (Å²) in [6.45, 7) is 19.5. The molecule has 2 aliphatic carbocycles. The maximum absolute atomic E-state index is 14.6. The molecule has 4 fully saturated rings. The van der Waals surface area contributed by atoms with Crippen molar-refractivity contribution in [2.24, 2.45) is 5.92 Å². The highest BCUT2D eigenvalue weighted by Crippen LogP contribution is 2.50. The molecular weight excluding hydrogens is 1960 g/mol. The number of nitrogens with zero attached hydrogens (tertiary/aromatic N) is 2. The molecule has 5 heterocycles. The van der Waals surface area contributed by atoms with Crippen molar-refractivity contribution in [2.45, 2.75) is 214 Å². The van der Waals surface area contributed by atoms with E-state index in [9.17, 15) is 73.8 Å². The van der Waals surface area contributed by atoms with Gasteiger partial charge < -0.3 is 141 Å². The van der Waals surface area contributed by atoms with Crippen molar-refractivity contribution >= 4 is 108 Å². The lowest BCUT2D eigenvalue weighted by Gasteiger charge is -2.47. The number of hydroxylamine groups is 1. The van der Waals surface area contributed by atoms with Crippen molar-refractivity contribution in [3.05, 3.63) is 61.9 Å². The van der Waals surface area contributed by atoms with Crippen molar-refractivity contribution in [3.8, 4) is 40.9 Å². The largest absolute Gasteiger partial charge is 0.492 e. The van der Waals surface area contributed by atoms with Gasteiger partial charge in [0.25, 0.3) is 11.8 Å². The van der Waals surface area contributed by atoms with Gasteiger partial charge in [-0.15, -0.1) is 0 Å². The third kappa shape index (κ3) is 34.8. The number of thioether (sulfide) groups is 1. The van der Waals surface area contributed by atoms with Crippen LogP contribution < -0.4 is 41.0 Å². The average molecular weight is 2100 g/mol. The lowest BCUT2D eigenvalue weighted by molar-refractivity contribution is -0.337. The van der Waals surface area contributed by atoms with Crippen molar-refractivity contribution < 1.29 is 169 Å². The Bertz CT molecular complexity index is 4310. The van der Waals surface area contributed by atoms with E-state index >= 15 is 0 Å². The van der Waals surface area contributed by atoms with E-state index in [-0.39, 0.29) is 147 Å². The summed E-state index contributed by atoms with van der Waals surface area (Å²) in [5, 5.41) is 78.6. The van der Waals surface area contributed by atoms with Crippen molar-refractivity contribution in [3.63, 3.8) is 0 Å². The first-order valence-electron chi connectivity index (χ1n) is 45.0. The molecule has 136 heavy (non-hydrogen) atoms. The summed E-state index contributed by atoms with van der Waals surface area (Å²) in [6, 6.07) is -1.76. The summed E-state index contributed by atoms with van der Waals surface area (Å²) < 4.78 is 111. The first-order valence-corrected chi connectivity index (χ1v) is 49.3. The fourth-order valence-corrected chi connectivity index (χ4v) is 19.4. The smallest absolute Gasteiger partial charge is 0.411 e. The lowest BCUT2D eigenvalue weighted by atomic mass is 9.75. The van der Waals surface area contributed by atoms with E-state index in [1.807, 2.05) is 43.4 Å². The number of aliphatic hydroxyl groups is 6. The second-order valence-electron chi connectivity index (χ2n) is 32.6. The van der Waals surface area contributed by atoms with Gasteiger partial charge in [0, 0.05) is 119 Å². The molecule has 46 heteroatoms. The van der Waals surface area contributed by atoms with E-state index in [0.717, 1.165) is 23.8 Å². The zero-order valence-corrected chi connectivity index (χ0v) is 83.3. The molecule has 0 radical (unpaired) electrons. The molecule has 11 N–H and O–H groups in total. The van der Waals surface area contributed by atoms with Crippen LogP contribution in [0.4, 0.5) is 4.79 Å². The Morgan fingerprint density at radius 2 is 1.26 bits per heavy atom. The third-order valence-electron chi connectivity index (χ3n) is 22.6. The predicted molar refractivity (Wildman–Crippen MR) is 499 cm³/mol. The van der Waals surface area contributed by atoms with Crippen LogP contribution in [0, 0.1) is 40.1 Å². The van der Waals surface area contributed by atoms with Crippen LogP contribution in [0.3, 0.4) is 0 Å². The number of amides is 7. The number of halogens is 1. The third-order valence-corrected chi connectivity index (χ3v) is 28.4. The molecule has 42 nitrogen and oxygen atoms in total. The predicted octanol–water partition coefficient (Wildman–Crippen LogP) is 1.52. The summed E-state index contributed by atoms with van der Waals surface area (Å²) in [6.07, 6.45) is -12.1. The van der Waals surface area contributed by atoms with Gasteiger partial charge in [0.05, 0.1) is 215 Å². The molecule has 7 amide bonds. The second-order valence-corrected chi connectivity index (χ2v) is 37.9. The number of alkyl carbamates (subject to hydrolysis) is 1. The van der Waals surface area contributed by atoms with Crippen LogP contribution in [0.15, 0.2) is 47.2 Å². The van der Waals surface area contributed by atoms with Crippen LogP contribution in [-0.2, 0) is 114 Å². The van der Waals surface area contributed by atoms with Gasteiger partial charge in [0.2, 0.25) is 40.8 Å². The Kier molecular flexibility index (Phi) is 49.8. The minimum Gasteiger partial charge on any atom is -0.492 e. The van der Waals surface area contributed by atoms with Gasteiger partial charge in [0.15, 0.2) is 41.8 Å². The van der Waals surface area contributed by atoms with Gasteiger partial charge in [-0.25, -0.2) is 4.79 Å². The number of allylic oxidation sites excluding steroid dienone is 3. The number of rotatable bonds is 58. The van der Waals surface area contributed by atoms with Gasteiger partial charge in [-0.1, -0.05) is 63.1 Å². The molecular formula is C90H132IN7O35S3. The quantitative estimate of drug-likeness (QED) is 0.0110. The molecule has 1 aromatic carbocycles. The number of methoxy groups -OCH3 is 4. The van der Waals surface area contributed by atoms with E-state index in [2.05, 4.69) is 50.4 Å². The standard InChI is InChI=1S/C90H132IN7O35S3/c1-13-97(57(6)100)60-52-126-70(49-64(60)114-9)131-82-79(110)75(96-133-71-48-61(101)84(56(5)127-71)135-85(111)72-53(2)74(91)81(83(116-11)80(72)115-10)132-86-78(109)58(51-99)77(108)55(4)129-86)54(3)128-87(82)130-63-18-16-14-15-17-25-90(113)50-62(102)76(95-88(112)117-12)73(63)59(90)24-47-134-136-89(7,8)26-21-65(103)92-27-28-93-67(105)23-31-118-33-35-120-37-39-122-41-43-124-45-46-125-44-42-123-40-38-121-36-34-119-32-29-94-66(104)22-30-98-68(106)19-20-69(98)107/h14-15,19-20,24,54-56,58,60-61,63-64,70-71,75,77-79,82,84,86-87,96,99,101,108-110,113H,13,21-23,26-52H2,1-12H3,(H,92,103)(H,93,105)(H,94,104)(H,95,112)/b15-14-,59-24?/t54-,55+,56-,58-,60+,61+,63+,64+,70+,71+,75-,77+,78-,79+,82-,84-,86+,87+,90?/m1/s1. The molecule has 0 aromatic heterocycles. The molecule has 5 aliphatic heterocycles. The van der Waals surface area contributed by atoms with Crippen LogP contribution in [0.25, 0.3) is 0 Å². The summed E-state index contributed by atoms with van der Waals surface area (Å²) in [7, 11) is 8.04. The molecule has 7 aliphatic rings. The highest BCUT2D eigenvalue weighted by atomic mass is 127. The van der Waals surface area contributed by atoms with Crippen LogP contribution in [0.5, 0.6) is 17.2 Å². The molecule has 4 saturated heterocycles. The monoisotopic (exact) mass is 2090 g/mol. The van der Waals surface area contributed by atoms with E-state index < -0.39 is 162 Å². The first-order chi connectivity index (χ1) is 65.2. The number of carbonyl (C=O) groups excluding carboxylic acids is 9. The number of fused-ring (bicyclic) bond motifs is 2. The number of Topliss-reactive ketones (excluding diaryl/α,β-unsaturated/α-hetero) is 1. The summed E-state index contributed by atoms with van der Waals surface area (Å²) in [5.41, 5.74) is 0.645. The number of aliphatic hydroxyl groups excluding tert-OH is 5. The van der Waals surface area contributed by atoms with Crippen LogP contribution in [-0.4, -0.2) is 393 Å². The van der Waals surface area contributed by atoms with Gasteiger partial charge in [0.1, 0.15) is 24.4 Å². The van der Waals surface area contributed by atoms with E-state index in [4.69, 9.17) is 94.8 Å². The molecule has 8 rings (SSSR count). The van der Waals surface area contributed by atoms with Gasteiger partial charge in [-0.2, -0.15) is 5.48 Å². The van der Waals surface area contributed by atoms with E-state index in [0.29, 0.717) is 115 Å². The van der Waals surface area contributed by atoms with Crippen molar-refractivity contribution in [1.29, 1.82) is 0 Å². The topological polar surface area (TPSA) is 526 Å². The molecule has 0 saturated carbocycles. The molecule has 0 spiro atoms. The van der Waals surface area contributed by atoms with Crippen molar-refractivity contribution in [1.82, 2.24) is 36.5 Å². The Morgan fingerprint density at radius 3 is 1.83 bits per heavy atom. The Labute approximate surface area is 817 Å². The number of likely N-dealkylation sites (N-methyl/N-ethyl adjacent to an activating group) is 1. The highest BCUT2D eigenvalue weighted by Gasteiger charge is 2.53. The van der Waals surface area contributed by atoms with Crippen molar-refractivity contribution in [2.75, 3.05) is 186 Å². The number of imide groups is 1. The van der Waals surface area contributed by atoms with Gasteiger partial charge >= 0.3 is 6.09 Å². The zero-order valence-electron chi connectivity index (χ0n) is 78.7. The minimum atomic E-state index is -2.23. The molecule has 19 atom stereocenters. The minimum absolute atomic E-state index is 0.0165. The first kappa shape index (κ1) is 114.